The maximum Gasteiger partial charge on any atom is 0.525 e. The molecule has 0 bridgehead atoms. The quantitative estimate of drug-likeness (QED) is 0.780. The molecule has 0 radical (unpaired) electrons. The number of carbonyl (C=O) groups is 1. The lowest BCUT2D eigenvalue weighted by molar-refractivity contribution is -0.119. The number of hydrogen-bond acceptors (Lipinski definition) is 3. The fraction of sp³-hybridized carbons (Fsp3) is 0.769. The van der Waals surface area contributed by atoms with E-state index in [9.17, 15) is 9.18 Å². The molecule has 19 heavy (non-hydrogen) atoms. The Hall–Kier alpha value is -0.875. The Balaban J connectivity index is 2.16. The van der Waals surface area contributed by atoms with Gasteiger partial charge in [-0.2, -0.15) is 0 Å². The van der Waals surface area contributed by atoms with E-state index in [1.165, 1.54) is 0 Å². The molecule has 1 unspecified atom stereocenters. The van der Waals surface area contributed by atoms with Crippen LogP contribution in [0.25, 0.3) is 0 Å². The molecule has 2 rings (SSSR count). The summed E-state index contributed by atoms with van der Waals surface area (Å²) in [5, 5.41) is 2.71. The highest BCUT2D eigenvalue weighted by Gasteiger charge is 2.53. The van der Waals surface area contributed by atoms with Gasteiger partial charge in [0, 0.05) is 18.9 Å². The van der Waals surface area contributed by atoms with Crippen LogP contribution in [0.1, 0.15) is 41.0 Å². The van der Waals surface area contributed by atoms with E-state index in [-0.39, 0.29) is 11.8 Å². The lowest BCUT2D eigenvalue weighted by atomic mass is 9.81. The normalized spacial score (nSPS) is 30.3. The van der Waals surface area contributed by atoms with Gasteiger partial charge in [0.2, 0.25) is 5.91 Å². The molecule has 2 aliphatic heterocycles. The van der Waals surface area contributed by atoms with E-state index in [1.54, 1.807) is 6.92 Å². The minimum absolute atomic E-state index is 0.0360. The van der Waals surface area contributed by atoms with E-state index in [1.807, 2.05) is 27.7 Å². The van der Waals surface area contributed by atoms with E-state index in [2.05, 4.69) is 5.32 Å². The molecule has 1 atom stereocenters. The fourth-order valence-electron chi connectivity index (χ4n) is 2.24. The fourth-order valence-corrected chi connectivity index (χ4v) is 2.24. The van der Waals surface area contributed by atoms with Crippen LogP contribution in [-0.4, -0.2) is 30.8 Å². The van der Waals surface area contributed by atoms with Gasteiger partial charge in [0.1, 0.15) is 5.73 Å². The molecule has 0 aromatic rings. The summed E-state index contributed by atoms with van der Waals surface area (Å²) < 4.78 is 25.8. The lowest BCUT2D eigenvalue weighted by Gasteiger charge is -2.32. The van der Waals surface area contributed by atoms with Gasteiger partial charge < -0.3 is 14.6 Å². The highest BCUT2D eigenvalue weighted by molar-refractivity contribution is 6.53. The predicted octanol–water partition coefficient (Wildman–Crippen LogP) is 2.00. The smallest absolute Gasteiger partial charge is 0.398 e. The second-order valence-electron chi connectivity index (χ2n) is 6.32. The molecule has 2 aliphatic rings. The third kappa shape index (κ3) is 2.56. The van der Waals surface area contributed by atoms with Crippen molar-refractivity contribution in [3.05, 3.63) is 11.3 Å². The molecule has 4 nitrogen and oxygen atoms in total. The summed E-state index contributed by atoms with van der Waals surface area (Å²) in [6.07, 6.45) is 0.332. The van der Waals surface area contributed by atoms with E-state index < -0.39 is 24.0 Å². The molecule has 2 fully saturated rings. The van der Waals surface area contributed by atoms with Crippen LogP contribution in [0, 0.1) is 5.92 Å². The van der Waals surface area contributed by atoms with Crippen molar-refractivity contribution in [3.63, 3.8) is 0 Å². The minimum atomic E-state index is -0.972. The second kappa shape index (κ2) is 4.60. The third-order valence-electron chi connectivity index (χ3n) is 4.43. The van der Waals surface area contributed by atoms with Crippen LogP contribution in [-0.2, 0) is 14.1 Å². The topological polar surface area (TPSA) is 47.6 Å². The van der Waals surface area contributed by atoms with Crippen molar-refractivity contribution in [2.45, 2.75) is 52.2 Å². The van der Waals surface area contributed by atoms with Gasteiger partial charge in [0.15, 0.2) is 0 Å². The Morgan fingerprint density at radius 2 is 1.84 bits per heavy atom. The predicted molar refractivity (Wildman–Crippen MR) is 71.0 cm³/mol. The first kappa shape index (κ1) is 14.5. The lowest BCUT2D eigenvalue weighted by Crippen LogP contribution is -2.41. The van der Waals surface area contributed by atoms with Gasteiger partial charge in [-0.25, -0.2) is 4.39 Å². The first-order chi connectivity index (χ1) is 8.64. The highest BCUT2D eigenvalue weighted by atomic mass is 19.1. The molecule has 0 aromatic heterocycles. The third-order valence-corrected chi connectivity index (χ3v) is 4.43. The Morgan fingerprint density at radius 1 is 1.32 bits per heavy atom. The van der Waals surface area contributed by atoms with Crippen molar-refractivity contribution in [1.29, 1.82) is 0 Å². The summed E-state index contributed by atoms with van der Waals surface area (Å²) >= 11 is 0. The molecule has 0 aromatic carbocycles. The minimum Gasteiger partial charge on any atom is -0.398 e. The standard InChI is InChI=1S/C13H21BFNO3/c1-8(9-6-10(17)16-7-9)11(15)14-18-12(2,3)13(4,5)19-14/h9H,6-7H2,1-5H3,(H,16,17). The SMILES string of the molecule is CC(=C(F)B1OC(C)(C)C(C)(C)O1)C1CNC(=O)C1. The Labute approximate surface area is 113 Å². The number of carbonyl (C=O) groups excluding carboxylic acids is 1. The first-order valence-corrected chi connectivity index (χ1v) is 6.62. The highest BCUT2D eigenvalue weighted by Crippen LogP contribution is 2.40. The maximum absolute atomic E-state index is 14.5. The molecular formula is C13H21BFNO3. The second-order valence-corrected chi connectivity index (χ2v) is 6.32. The van der Waals surface area contributed by atoms with Gasteiger partial charge >= 0.3 is 7.12 Å². The van der Waals surface area contributed by atoms with Crippen LogP contribution >= 0.6 is 0 Å². The number of amides is 1. The van der Waals surface area contributed by atoms with E-state index in [4.69, 9.17) is 9.31 Å². The summed E-state index contributed by atoms with van der Waals surface area (Å²) in [6, 6.07) is 0. The van der Waals surface area contributed by atoms with Gasteiger partial charge in [-0.1, -0.05) is 0 Å². The van der Waals surface area contributed by atoms with Crippen molar-refractivity contribution in [3.8, 4) is 0 Å². The average Bonchev–Trinajstić information content (AvgIpc) is 2.79. The van der Waals surface area contributed by atoms with Crippen LogP contribution in [0.3, 0.4) is 0 Å². The molecule has 1 amide bonds. The molecule has 6 heteroatoms. The van der Waals surface area contributed by atoms with Crippen LogP contribution in [0.5, 0.6) is 0 Å². The van der Waals surface area contributed by atoms with Gasteiger partial charge in [-0.3, -0.25) is 4.79 Å². The monoisotopic (exact) mass is 269 g/mol. The largest absolute Gasteiger partial charge is 0.525 e. The summed E-state index contributed by atoms with van der Waals surface area (Å²) in [4.78, 5) is 11.2. The first-order valence-electron chi connectivity index (χ1n) is 6.62. The Kier molecular flexibility index (Phi) is 3.52. The zero-order valence-electron chi connectivity index (χ0n) is 12.2. The zero-order valence-corrected chi connectivity index (χ0v) is 12.2. The van der Waals surface area contributed by atoms with Crippen molar-refractivity contribution >= 4 is 13.0 Å². The summed E-state index contributed by atoms with van der Waals surface area (Å²) in [7, 11) is -0.972. The van der Waals surface area contributed by atoms with E-state index in [0.717, 1.165) is 0 Å². The van der Waals surface area contributed by atoms with Gasteiger partial charge in [-0.15, -0.1) is 0 Å². The molecule has 0 saturated carbocycles. The molecule has 2 saturated heterocycles. The number of halogens is 1. The van der Waals surface area contributed by atoms with Crippen LogP contribution in [0.2, 0.25) is 0 Å². The number of rotatable bonds is 2. The van der Waals surface area contributed by atoms with Crippen molar-refractivity contribution in [2.75, 3.05) is 6.54 Å². The van der Waals surface area contributed by atoms with Gasteiger partial charge in [-0.05, 0) is 40.2 Å². The van der Waals surface area contributed by atoms with Gasteiger partial charge in [0.05, 0.1) is 11.2 Å². The maximum atomic E-state index is 14.5. The zero-order chi connectivity index (χ0) is 14.4. The summed E-state index contributed by atoms with van der Waals surface area (Å²) in [5.41, 5.74) is -0.977. The average molecular weight is 269 g/mol. The number of hydrogen-bond donors (Lipinski definition) is 1. The van der Waals surface area contributed by atoms with Crippen molar-refractivity contribution < 1.29 is 18.5 Å². The number of nitrogens with one attached hydrogen (secondary N) is 1. The van der Waals surface area contributed by atoms with Crippen LogP contribution < -0.4 is 5.32 Å². The molecule has 1 N–H and O–H groups in total. The molecule has 106 valence electrons. The Bertz CT molecular complexity index is 418. The Morgan fingerprint density at radius 3 is 2.26 bits per heavy atom. The molecule has 0 spiro atoms. The van der Waals surface area contributed by atoms with Crippen molar-refractivity contribution in [1.82, 2.24) is 5.32 Å². The molecule has 2 heterocycles. The summed E-state index contributed by atoms with van der Waals surface area (Å²) in [5.74, 6) is -0.141. The molecular weight excluding hydrogens is 248 g/mol. The van der Waals surface area contributed by atoms with Gasteiger partial charge in [0.25, 0.3) is 0 Å². The van der Waals surface area contributed by atoms with Crippen LogP contribution in [0.15, 0.2) is 11.3 Å². The van der Waals surface area contributed by atoms with E-state index >= 15 is 0 Å². The van der Waals surface area contributed by atoms with E-state index in [0.29, 0.717) is 18.5 Å². The summed E-state index contributed by atoms with van der Waals surface area (Å²) in [6.45, 7) is 9.72. The molecule has 0 aliphatic carbocycles. The van der Waals surface area contributed by atoms with Crippen molar-refractivity contribution in [2.24, 2.45) is 5.92 Å². The van der Waals surface area contributed by atoms with Crippen LogP contribution in [0.4, 0.5) is 4.39 Å².